The van der Waals surface area contributed by atoms with Crippen molar-refractivity contribution in [3.63, 3.8) is 0 Å². The first-order valence-electron chi connectivity index (χ1n) is 6.53. The van der Waals surface area contributed by atoms with Crippen LogP contribution in [0.2, 0.25) is 0 Å². The van der Waals surface area contributed by atoms with Crippen LogP contribution in [-0.2, 0) is 6.54 Å². The number of aromatic nitrogens is 2. The Morgan fingerprint density at radius 1 is 1.16 bits per heavy atom. The lowest BCUT2D eigenvalue weighted by Gasteiger charge is -2.12. The Morgan fingerprint density at radius 3 is 2.79 bits per heavy atom. The fourth-order valence-corrected chi connectivity index (χ4v) is 2.24. The van der Waals surface area contributed by atoms with E-state index in [0.717, 1.165) is 6.54 Å². The first-order chi connectivity index (χ1) is 9.33. The summed E-state index contributed by atoms with van der Waals surface area (Å²) in [5, 5.41) is 12.9. The lowest BCUT2D eigenvalue weighted by Crippen LogP contribution is -2.17. The van der Waals surface area contributed by atoms with Crippen molar-refractivity contribution in [1.82, 2.24) is 15.5 Å². The molecule has 3 heteroatoms. The van der Waals surface area contributed by atoms with E-state index < -0.39 is 0 Å². The van der Waals surface area contributed by atoms with Gasteiger partial charge in [0.1, 0.15) is 0 Å². The van der Waals surface area contributed by atoms with Gasteiger partial charge < -0.3 is 5.32 Å². The summed E-state index contributed by atoms with van der Waals surface area (Å²) in [5.74, 6) is 0. The summed E-state index contributed by atoms with van der Waals surface area (Å²) in [6.45, 7) is 3.00. The summed E-state index contributed by atoms with van der Waals surface area (Å²) >= 11 is 0. The standard InChI is InChI=1S/C16H17N3/c1-12(16-10-18-19-11-16)17-9-13-6-7-14-4-2-3-5-15(14)8-13/h2-8,10-12,17H,9H2,1H3,(H,18,19). The third-order valence-corrected chi connectivity index (χ3v) is 3.45. The first kappa shape index (κ1) is 11.9. The minimum Gasteiger partial charge on any atom is -0.306 e. The van der Waals surface area contributed by atoms with Gasteiger partial charge in [-0.1, -0.05) is 36.4 Å². The molecule has 3 nitrogen and oxygen atoms in total. The third kappa shape index (κ3) is 2.66. The Balaban J connectivity index is 1.71. The predicted octanol–water partition coefficient (Wildman–Crippen LogP) is 3.41. The van der Waals surface area contributed by atoms with Gasteiger partial charge in [-0.15, -0.1) is 0 Å². The molecule has 3 rings (SSSR count). The topological polar surface area (TPSA) is 40.7 Å². The van der Waals surface area contributed by atoms with Gasteiger partial charge in [-0.05, 0) is 29.3 Å². The number of aromatic amines is 1. The highest BCUT2D eigenvalue weighted by atomic mass is 15.1. The van der Waals surface area contributed by atoms with Gasteiger partial charge in [-0.25, -0.2) is 0 Å². The van der Waals surface area contributed by atoms with Crippen LogP contribution in [0.15, 0.2) is 54.9 Å². The molecule has 0 bridgehead atoms. The normalized spacial score (nSPS) is 12.7. The Hall–Kier alpha value is -2.13. The first-order valence-corrected chi connectivity index (χ1v) is 6.53. The van der Waals surface area contributed by atoms with Crippen molar-refractivity contribution in [2.75, 3.05) is 0 Å². The SMILES string of the molecule is CC(NCc1ccc2ccccc2c1)c1cn[nH]c1. The number of fused-ring (bicyclic) bond motifs is 1. The zero-order valence-corrected chi connectivity index (χ0v) is 10.9. The molecular formula is C16H17N3. The molecule has 1 atom stereocenters. The van der Waals surface area contributed by atoms with Crippen molar-refractivity contribution in [2.45, 2.75) is 19.5 Å². The fourth-order valence-electron chi connectivity index (χ4n) is 2.24. The van der Waals surface area contributed by atoms with Gasteiger partial charge >= 0.3 is 0 Å². The lowest BCUT2D eigenvalue weighted by molar-refractivity contribution is 0.575. The highest BCUT2D eigenvalue weighted by Gasteiger charge is 2.05. The summed E-state index contributed by atoms with van der Waals surface area (Å²) in [5.41, 5.74) is 2.48. The minimum atomic E-state index is 0.297. The number of benzene rings is 2. The molecule has 1 heterocycles. The molecule has 0 aliphatic rings. The highest BCUT2D eigenvalue weighted by molar-refractivity contribution is 5.82. The van der Waals surface area contributed by atoms with E-state index in [0.29, 0.717) is 6.04 Å². The average Bonchev–Trinajstić information content (AvgIpc) is 2.99. The second kappa shape index (κ2) is 5.24. The Bertz CT molecular complexity index is 659. The van der Waals surface area contributed by atoms with Crippen LogP contribution in [0.4, 0.5) is 0 Å². The zero-order valence-electron chi connectivity index (χ0n) is 10.9. The van der Waals surface area contributed by atoms with Gasteiger partial charge in [0.2, 0.25) is 0 Å². The van der Waals surface area contributed by atoms with E-state index in [4.69, 9.17) is 0 Å². The Labute approximate surface area is 112 Å². The molecule has 0 saturated heterocycles. The molecule has 0 radical (unpaired) electrons. The summed E-state index contributed by atoms with van der Waals surface area (Å²) in [6, 6.07) is 15.3. The van der Waals surface area contributed by atoms with Crippen molar-refractivity contribution in [2.24, 2.45) is 0 Å². The number of rotatable bonds is 4. The van der Waals surface area contributed by atoms with Crippen LogP contribution in [0.3, 0.4) is 0 Å². The van der Waals surface area contributed by atoms with Crippen LogP contribution >= 0.6 is 0 Å². The largest absolute Gasteiger partial charge is 0.306 e. The summed E-state index contributed by atoms with van der Waals surface area (Å²) in [7, 11) is 0. The molecule has 2 aromatic carbocycles. The van der Waals surface area contributed by atoms with Gasteiger partial charge in [0.05, 0.1) is 6.20 Å². The maximum absolute atomic E-state index is 3.97. The van der Waals surface area contributed by atoms with Crippen molar-refractivity contribution >= 4 is 10.8 Å². The Kier molecular flexibility index (Phi) is 3.29. The number of nitrogens with one attached hydrogen (secondary N) is 2. The summed E-state index contributed by atoms with van der Waals surface area (Å²) in [4.78, 5) is 0. The minimum absolute atomic E-state index is 0.297. The third-order valence-electron chi connectivity index (χ3n) is 3.45. The van der Waals surface area contributed by atoms with E-state index in [1.807, 2.05) is 12.4 Å². The number of H-pyrrole nitrogens is 1. The molecule has 2 N–H and O–H groups in total. The van der Waals surface area contributed by atoms with Crippen molar-refractivity contribution in [1.29, 1.82) is 0 Å². The van der Waals surface area contributed by atoms with Crippen LogP contribution < -0.4 is 5.32 Å². The van der Waals surface area contributed by atoms with E-state index in [9.17, 15) is 0 Å². The number of hydrogen-bond donors (Lipinski definition) is 2. The zero-order chi connectivity index (χ0) is 13.1. The molecule has 96 valence electrons. The second-order valence-electron chi connectivity index (χ2n) is 4.82. The number of nitrogens with zero attached hydrogens (tertiary/aromatic N) is 1. The second-order valence-corrected chi connectivity index (χ2v) is 4.82. The van der Waals surface area contributed by atoms with Crippen LogP contribution in [0.5, 0.6) is 0 Å². The molecule has 19 heavy (non-hydrogen) atoms. The summed E-state index contributed by atoms with van der Waals surface area (Å²) in [6.07, 6.45) is 3.79. The molecule has 1 unspecified atom stereocenters. The van der Waals surface area contributed by atoms with Crippen molar-refractivity contribution < 1.29 is 0 Å². The monoisotopic (exact) mass is 251 g/mol. The van der Waals surface area contributed by atoms with Crippen molar-refractivity contribution in [3.8, 4) is 0 Å². The molecule has 0 fully saturated rings. The molecule has 0 spiro atoms. The van der Waals surface area contributed by atoms with Gasteiger partial charge in [-0.2, -0.15) is 5.10 Å². The van der Waals surface area contributed by atoms with Gasteiger partial charge in [0, 0.05) is 24.3 Å². The van der Waals surface area contributed by atoms with Crippen LogP contribution in [0.1, 0.15) is 24.1 Å². The average molecular weight is 251 g/mol. The van der Waals surface area contributed by atoms with Gasteiger partial charge in [0.25, 0.3) is 0 Å². The van der Waals surface area contributed by atoms with E-state index in [1.165, 1.54) is 21.9 Å². The molecule has 1 aromatic heterocycles. The van der Waals surface area contributed by atoms with Crippen LogP contribution in [0.25, 0.3) is 10.8 Å². The van der Waals surface area contributed by atoms with Gasteiger partial charge in [-0.3, -0.25) is 5.10 Å². The van der Waals surface area contributed by atoms with Gasteiger partial charge in [0.15, 0.2) is 0 Å². The van der Waals surface area contributed by atoms with E-state index in [-0.39, 0.29) is 0 Å². The molecule has 0 aliphatic carbocycles. The smallest absolute Gasteiger partial charge is 0.0534 e. The molecule has 0 saturated carbocycles. The highest BCUT2D eigenvalue weighted by Crippen LogP contribution is 2.16. The lowest BCUT2D eigenvalue weighted by atomic mass is 10.1. The molecule has 0 amide bonds. The molecule has 0 aliphatic heterocycles. The summed E-state index contributed by atoms with van der Waals surface area (Å²) < 4.78 is 0. The Morgan fingerprint density at radius 2 is 2.00 bits per heavy atom. The molecular weight excluding hydrogens is 234 g/mol. The van der Waals surface area contributed by atoms with E-state index in [2.05, 4.69) is 64.9 Å². The quantitative estimate of drug-likeness (QED) is 0.746. The van der Waals surface area contributed by atoms with E-state index >= 15 is 0 Å². The van der Waals surface area contributed by atoms with Crippen LogP contribution in [-0.4, -0.2) is 10.2 Å². The van der Waals surface area contributed by atoms with E-state index in [1.54, 1.807) is 0 Å². The predicted molar refractivity (Wildman–Crippen MR) is 77.8 cm³/mol. The van der Waals surface area contributed by atoms with Crippen molar-refractivity contribution in [3.05, 3.63) is 66.0 Å². The fraction of sp³-hybridized carbons (Fsp3) is 0.188. The van der Waals surface area contributed by atoms with Crippen LogP contribution in [0, 0.1) is 0 Å². The maximum Gasteiger partial charge on any atom is 0.0534 e. The maximum atomic E-state index is 3.97. The number of hydrogen-bond acceptors (Lipinski definition) is 2. The molecule has 3 aromatic rings.